The molecular formula is C21H15NO4. The second-order valence-corrected chi connectivity index (χ2v) is 6.23. The number of nitrogens with zero attached hydrogens (tertiary/aromatic N) is 1. The van der Waals surface area contributed by atoms with Crippen LogP contribution in [0.2, 0.25) is 0 Å². The van der Waals surface area contributed by atoms with Crippen molar-refractivity contribution in [1.29, 1.82) is 0 Å². The lowest BCUT2D eigenvalue weighted by molar-refractivity contribution is -0.141. The third kappa shape index (κ3) is 2.45. The van der Waals surface area contributed by atoms with Gasteiger partial charge >= 0.3 is 5.97 Å². The summed E-state index contributed by atoms with van der Waals surface area (Å²) >= 11 is 0. The molecule has 1 atom stereocenters. The number of carbonyl (C=O) groups is 3. The van der Waals surface area contributed by atoms with Crippen molar-refractivity contribution in [2.45, 2.75) is 12.5 Å². The van der Waals surface area contributed by atoms with E-state index in [0.717, 1.165) is 15.8 Å². The Bertz CT molecular complexity index is 992. The number of hydrogen-bond acceptors (Lipinski definition) is 3. The first-order chi connectivity index (χ1) is 12.6. The van der Waals surface area contributed by atoms with Crippen LogP contribution in [0.4, 0.5) is 0 Å². The van der Waals surface area contributed by atoms with Gasteiger partial charge in [0.2, 0.25) is 0 Å². The van der Waals surface area contributed by atoms with Crippen molar-refractivity contribution in [1.82, 2.24) is 4.90 Å². The van der Waals surface area contributed by atoms with E-state index in [0.29, 0.717) is 16.5 Å². The van der Waals surface area contributed by atoms with Gasteiger partial charge in [-0.2, -0.15) is 0 Å². The molecule has 0 saturated heterocycles. The SMILES string of the molecule is O=C(O)[C@@H](Cc1ccccc1)N1C(=O)c2cccc3cccc(c23)C1=O. The smallest absolute Gasteiger partial charge is 0.327 e. The van der Waals surface area contributed by atoms with Gasteiger partial charge < -0.3 is 5.11 Å². The summed E-state index contributed by atoms with van der Waals surface area (Å²) in [5, 5.41) is 11.1. The molecule has 3 aromatic rings. The van der Waals surface area contributed by atoms with E-state index in [4.69, 9.17) is 0 Å². The van der Waals surface area contributed by atoms with Crippen LogP contribution < -0.4 is 0 Å². The minimum Gasteiger partial charge on any atom is -0.480 e. The molecule has 1 heterocycles. The van der Waals surface area contributed by atoms with Crippen LogP contribution in [-0.4, -0.2) is 33.8 Å². The van der Waals surface area contributed by atoms with E-state index >= 15 is 0 Å². The van der Waals surface area contributed by atoms with Crippen LogP contribution in [0.3, 0.4) is 0 Å². The third-order valence-corrected chi connectivity index (χ3v) is 4.67. The number of imide groups is 1. The fourth-order valence-corrected chi connectivity index (χ4v) is 3.46. The van der Waals surface area contributed by atoms with E-state index in [1.807, 2.05) is 18.2 Å². The highest BCUT2D eigenvalue weighted by molar-refractivity contribution is 6.26. The number of hydrogen-bond donors (Lipinski definition) is 1. The molecule has 0 saturated carbocycles. The maximum Gasteiger partial charge on any atom is 0.327 e. The van der Waals surface area contributed by atoms with Crippen molar-refractivity contribution < 1.29 is 19.5 Å². The highest BCUT2D eigenvalue weighted by Crippen LogP contribution is 2.31. The molecule has 1 N–H and O–H groups in total. The zero-order valence-corrected chi connectivity index (χ0v) is 13.8. The van der Waals surface area contributed by atoms with Crippen molar-refractivity contribution >= 4 is 28.6 Å². The van der Waals surface area contributed by atoms with Gasteiger partial charge in [-0.3, -0.25) is 14.5 Å². The molecule has 128 valence electrons. The van der Waals surface area contributed by atoms with Crippen LogP contribution in [0.15, 0.2) is 66.7 Å². The van der Waals surface area contributed by atoms with Gasteiger partial charge in [0.15, 0.2) is 0 Å². The van der Waals surface area contributed by atoms with E-state index < -0.39 is 23.8 Å². The average Bonchev–Trinajstić information content (AvgIpc) is 2.66. The Kier molecular flexibility index (Phi) is 3.77. The lowest BCUT2D eigenvalue weighted by Crippen LogP contribution is -2.51. The molecule has 2 amide bonds. The minimum atomic E-state index is -1.26. The first-order valence-corrected chi connectivity index (χ1v) is 8.24. The molecule has 3 aromatic carbocycles. The fourth-order valence-electron chi connectivity index (χ4n) is 3.46. The zero-order chi connectivity index (χ0) is 18.3. The fraction of sp³-hybridized carbons (Fsp3) is 0.0952. The van der Waals surface area contributed by atoms with Crippen LogP contribution in [0.1, 0.15) is 26.3 Å². The van der Waals surface area contributed by atoms with Gasteiger partial charge in [-0.25, -0.2) is 4.79 Å². The van der Waals surface area contributed by atoms with E-state index in [1.54, 1.807) is 48.5 Å². The van der Waals surface area contributed by atoms with Gasteiger partial charge in [0.1, 0.15) is 6.04 Å². The van der Waals surface area contributed by atoms with Gasteiger partial charge in [-0.1, -0.05) is 54.6 Å². The number of carboxylic acids is 1. The first-order valence-electron chi connectivity index (χ1n) is 8.24. The molecule has 26 heavy (non-hydrogen) atoms. The molecule has 0 aromatic heterocycles. The highest BCUT2D eigenvalue weighted by atomic mass is 16.4. The normalized spacial score (nSPS) is 14.5. The standard InChI is InChI=1S/C21H15NO4/c23-19-15-10-4-8-14-9-5-11-16(18(14)15)20(24)22(19)17(21(25)26)12-13-6-2-1-3-7-13/h1-11,17H,12H2,(H,25,26)/t17-/m1/s1. The Labute approximate surface area is 149 Å². The second-order valence-electron chi connectivity index (χ2n) is 6.23. The quantitative estimate of drug-likeness (QED) is 0.737. The van der Waals surface area contributed by atoms with Crippen LogP contribution in [0.5, 0.6) is 0 Å². The summed E-state index contributed by atoms with van der Waals surface area (Å²) < 4.78 is 0. The monoisotopic (exact) mass is 345 g/mol. The van der Waals surface area contributed by atoms with Crippen molar-refractivity contribution in [2.75, 3.05) is 0 Å². The molecule has 1 aliphatic rings. The maximum atomic E-state index is 13.0. The summed E-state index contributed by atoms with van der Waals surface area (Å²) in [5.41, 5.74) is 1.46. The van der Waals surface area contributed by atoms with Gasteiger partial charge in [0, 0.05) is 22.9 Å². The molecule has 1 aliphatic heterocycles. The number of rotatable bonds is 4. The van der Waals surface area contributed by atoms with E-state index in [-0.39, 0.29) is 6.42 Å². The molecule has 0 spiro atoms. The molecule has 5 heteroatoms. The lowest BCUT2D eigenvalue weighted by atomic mass is 9.92. The molecule has 4 rings (SSSR count). The van der Waals surface area contributed by atoms with E-state index in [9.17, 15) is 19.5 Å². The van der Waals surface area contributed by atoms with E-state index in [1.165, 1.54) is 0 Å². The lowest BCUT2D eigenvalue weighted by Gasteiger charge is -2.31. The van der Waals surface area contributed by atoms with Crippen molar-refractivity contribution in [3.05, 3.63) is 83.4 Å². The van der Waals surface area contributed by atoms with Gasteiger partial charge in [0.25, 0.3) is 11.8 Å². The van der Waals surface area contributed by atoms with Gasteiger partial charge in [-0.05, 0) is 23.1 Å². The Morgan fingerprint density at radius 2 is 1.42 bits per heavy atom. The van der Waals surface area contributed by atoms with Gasteiger partial charge in [-0.15, -0.1) is 0 Å². The summed E-state index contributed by atoms with van der Waals surface area (Å²) in [6.07, 6.45) is 0.0613. The Morgan fingerprint density at radius 3 is 1.96 bits per heavy atom. The number of amides is 2. The number of carbonyl (C=O) groups excluding carboxylic acids is 2. The predicted molar refractivity (Wildman–Crippen MR) is 96.0 cm³/mol. The number of aliphatic carboxylic acids is 1. The highest BCUT2D eigenvalue weighted by Gasteiger charge is 2.40. The molecule has 0 unspecified atom stereocenters. The molecule has 0 fully saturated rings. The summed E-state index contributed by atoms with van der Waals surface area (Å²) in [7, 11) is 0. The largest absolute Gasteiger partial charge is 0.480 e. The summed E-state index contributed by atoms with van der Waals surface area (Å²) in [6, 6.07) is 18.1. The first kappa shape index (κ1) is 16.0. The predicted octanol–water partition coefficient (Wildman–Crippen LogP) is 3.13. The molecule has 0 radical (unpaired) electrons. The van der Waals surface area contributed by atoms with Crippen molar-refractivity contribution in [3.63, 3.8) is 0 Å². The Morgan fingerprint density at radius 1 is 0.846 bits per heavy atom. The van der Waals surface area contributed by atoms with E-state index in [2.05, 4.69) is 0 Å². The third-order valence-electron chi connectivity index (χ3n) is 4.67. The Balaban J connectivity index is 1.82. The van der Waals surface area contributed by atoms with Crippen LogP contribution in [0, 0.1) is 0 Å². The molecule has 0 aliphatic carbocycles. The second kappa shape index (κ2) is 6.11. The molecular weight excluding hydrogens is 330 g/mol. The van der Waals surface area contributed by atoms with Crippen molar-refractivity contribution in [2.24, 2.45) is 0 Å². The van der Waals surface area contributed by atoms with Crippen LogP contribution >= 0.6 is 0 Å². The minimum absolute atomic E-state index is 0.0613. The molecule has 5 nitrogen and oxygen atoms in total. The molecule has 0 bridgehead atoms. The number of carboxylic acid groups (broad SMARTS) is 1. The number of benzene rings is 3. The Hall–Kier alpha value is -3.47. The summed E-state index contributed by atoms with van der Waals surface area (Å²) in [4.78, 5) is 38.8. The summed E-state index contributed by atoms with van der Waals surface area (Å²) in [5.74, 6) is -2.34. The topological polar surface area (TPSA) is 74.7 Å². The van der Waals surface area contributed by atoms with Crippen LogP contribution in [0.25, 0.3) is 10.8 Å². The summed E-state index contributed by atoms with van der Waals surface area (Å²) in [6.45, 7) is 0. The maximum absolute atomic E-state index is 13.0. The zero-order valence-electron chi connectivity index (χ0n) is 13.8. The van der Waals surface area contributed by atoms with Crippen molar-refractivity contribution in [3.8, 4) is 0 Å². The van der Waals surface area contributed by atoms with Crippen LogP contribution in [-0.2, 0) is 11.2 Å². The average molecular weight is 345 g/mol. The van der Waals surface area contributed by atoms with Gasteiger partial charge in [0.05, 0.1) is 0 Å².